The molecule has 0 spiro atoms. The summed E-state index contributed by atoms with van der Waals surface area (Å²) in [5.74, 6) is 0.636. The predicted molar refractivity (Wildman–Crippen MR) is 379 cm³/mol. The van der Waals surface area contributed by atoms with Crippen LogP contribution >= 0.6 is 0 Å². The fraction of sp³-hybridized carbons (Fsp3) is 0.169. The molecular weight excluding hydrogens is 1090 g/mol. The molecule has 0 atom stereocenters. The van der Waals surface area contributed by atoms with Crippen molar-refractivity contribution < 1.29 is 0 Å². The maximum absolute atomic E-state index is 5.91. The van der Waals surface area contributed by atoms with Crippen molar-refractivity contribution in [3.8, 4) is 56.5 Å². The fourth-order valence-corrected chi connectivity index (χ4v) is 14.5. The lowest BCUT2D eigenvalue weighted by atomic mass is 9.86. The van der Waals surface area contributed by atoms with E-state index in [9.17, 15) is 0 Å². The molecule has 90 heavy (non-hydrogen) atoms. The van der Waals surface area contributed by atoms with E-state index in [1.54, 1.807) is 0 Å². The van der Waals surface area contributed by atoms with Gasteiger partial charge in [-0.3, -0.25) is 4.98 Å². The van der Waals surface area contributed by atoms with Crippen molar-refractivity contribution in [1.29, 1.82) is 0 Å². The Kier molecular flexibility index (Phi) is 12.3. The summed E-state index contributed by atoms with van der Waals surface area (Å²) in [6.07, 6.45) is 1.96. The molecular formula is C83H71N7. The van der Waals surface area contributed by atoms with Gasteiger partial charge in [0, 0.05) is 77.4 Å². The standard InChI is InChI=1S/C83H71N7/c1-50-45-53(46-51(2)85-50)74-75(65-43-44-84-80(86-65)52-25-13-12-14-26-52)77(88-69-35-23-18-30-60(69)63-48-55(82(6,7)8)38-41-72(63)88)79(89-66-32-20-15-27-57(66)58-28-16-21-33-67(58)89)78(90-70-36-24-19-31-61(70)64-49-56(83(9,10)11)39-42-73(64)90)76(74)87-68-34-22-17-29-59(68)62-47-54(81(3,4)5)37-40-71(62)87/h12-49H,1-11H3. The Hall–Kier alpha value is -10.4. The Bertz CT molecular complexity index is 5550. The molecule has 0 aliphatic rings. The summed E-state index contributed by atoms with van der Waals surface area (Å²) in [6, 6.07) is 84.0. The van der Waals surface area contributed by atoms with Crippen LogP contribution in [0.25, 0.3) is 144 Å². The molecule has 0 saturated carbocycles. The zero-order valence-corrected chi connectivity index (χ0v) is 53.1. The highest BCUT2D eigenvalue weighted by Crippen LogP contribution is 2.55. The zero-order valence-electron chi connectivity index (χ0n) is 53.1. The van der Waals surface area contributed by atoms with Crippen LogP contribution in [-0.2, 0) is 16.2 Å². The molecule has 6 heterocycles. The molecule has 0 saturated heterocycles. The van der Waals surface area contributed by atoms with Crippen LogP contribution in [0.2, 0.25) is 0 Å². The summed E-state index contributed by atoms with van der Waals surface area (Å²) in [5.41, 5.74) is 22.6. The first kappa shape index (κ1) is 55.0. The lowest BCUT2D eigenvalue weighted by Gasteiger charge is -2.31. The highest BCUT2D eigenvalue weighted by Gasteiger charge is 2.37. The van der Waals surface area contributed by atoms with Gasteiger partial charge in [-0.05, 0) is 137 Å². The Balaban J connectivity index is 1.29. The number of pyridine rings is 1. The average molecular weight is 1170 g/mol. The van der Waals surface area contributed by atoms with E-state index in [1.165, 1.54) is 43.6 Å². The van der Waals surface area contributed by atoms with Gasteiger partial charge < -0.3 is 18.3 Å². The van der Waals surface area contributed by atoms with E-state index in [2.05, 4.69) is 319 Å². The molecule has 438 valence electrons. The van der Waals surface area contributed by atoms with Crippen LogP contribution in [0.4, 0.5) is 0 Å². The van der Waals surface area contributed by atoms with Gasteiger partial charge in [0.25, 0.3) is 0 Å². The number of aryl methyl sites for hydroxylation is 2. The normalized spacial score (nSPS) is 12.6. The van der Waals surface area contributed by atoms with Crippen molar-refractivity contribution in [3.63, 3.8) is 0 Å². The van der Waals surface area contributed by atoms with E-state index in [4.69, 9.17) is 15.0 Å². The van der Waals surface area contributed by atoms with Gasteiger partial charge in [0.2, 0.25) is 0 Å². The van der Waals surface area contributed by atoms with Gasteiger partial charge in [0.05, 0.1) is 72.6 Å². The van der Waals surface area contributed by atoms with Crippen LogP contribution in [0.5, 0.6) is 0 Å². The number of benzene rings is 10. The number of para-hydroxylation sites is 5. The number of hydrogen-bond donors (Lipinski definition) is 0. The molecule has 16 rings (SSSR count). The number of hydrogen-bond acceptors (Lipinski definition) is 3. The number of aromatic nitrogens is 7. The number of nitrogens with zero attached hydrogens (tertiary/aromatic N) is 7. The monoisotopic (exact) mass is 1170 g/mol. The Morgan fingerprint density at radius 2 is 0.600 bits per heavy atom. The second-order valence-electron chi connectivity index (χ2n) is 27.8. The van der Waals surface area contributed by atoms with Crippen molar-refractivity contribution in [3.05, 3.63) is 259 Å². The third kappa shape index (κ3) is 8.50. The van der Waals surface area contributed by atoms with Gasteiger partial charge in [-0.1, -0.05) is 202 Å². The first-order valence-electron chi connectivity index (χ1n) is 31.6. The molecule has 16 aromatic rings. The van der Waals surface area contributed by atoms with Crippen LogP contribution < -0.4 is 0 Å². The quantitative estimate of drug-likeness (QED) is 0.160. The molecule has 0 fully saturated rings. The molecule has 0 aliphatic heterocycles. The smallest absolute Gasteiger partial charge is 0.159 e. The van der Waals surface area contributed by atoms with Crippen molar-refractivity contribution in [2.45, 2.75) is 92.4 Å². The summed E-state index contributed by atoms with van der Waals surface area (Å²) in [6.45, 7) is 25.1. The maximum atomic E-state index is 5.91. The molecule has 0 unspecified atom stereocenters. The van der Waals surface area contributed by atoms with Gasteiger partial charge in [0.15, 0.2) is 5.82 Å². The summed E-state index contributed by atoms with van der Waals surface area (Å²) >= 11 is 0. The molecule has 7 heteroatoms. The predicted octanol–water partition coefficient (Wildman–Crippen LogP) is 21.8. The van der Waals surface area contributed by atoms with E-state index in [0.29, 0.717) is 5.82 Å². The van der Waals surface area contributed by atoms with Crippen molar-refractivity contribution >= 4 is 87.2 Å². The lowest BCUT2D eigenvalue weighted by molar-refractivity contribution is 0.591. The van der Waals surface area contributed by atoms with E-state index in [-0.39, 0.29) is 16.2 Å². The van der Waals surface area contributed by atoms with Crippen LogP contribution in [-0.4, -0.2) is 33.2 Å². The molecule has 0 bridgehead atoms. The minimum Gasteiger partial charge on any atom is -0.306 e. The largest absolute Gasteiger partial charge is 0.306 e. The van der Waals surface area contributed by atoms with E-state index in [0.717, 1.165) is 122 Å². The summed E-state index contributed by atoms with van der Waals surface area (Å²) in [7, 11) is 0. The minimum atomic E-state index is -0.121. The van der Waals surface area contributed by atoms with Crippen molar-refractivity contribution in [1.82, 2.24) is 33.2 Å². The second kappa shape index (κ2) is 20.1. The molecule has 7 nitrogen and oxygen atoms in total. The van der Waals surface area contributed by atoms with Gasteiger partial charge >= 0.3 is 0 Å². The Morgan fingerprint density at radius 3 is 0.978 bits per heavy atom. The molecule has 6 aromatic heterocycles. The number of fused-ring (bicyclic) bond motifs is 12. The zero-order chi connectivity index (χ0) is 61.7. The van der Waals surface area contributed by atoms with Gasteiger partial charge in [-0.25, -0.2) is 9.97 Å². The minimum absolute atomic E-state index is 0.118. The third-order valence-electron chi connectivity index (χ3n) is 18.8. The average Bonchev–Trinajstić information content (AvgIpc) is 1.37. The summed E-state index contributed by atoms with van der Waals surface area (Å²) in [4.78, 5) is 16.2. The molecule has 0 aliphatic carbocycles. The summed E-state index contributed by atoms with van der Waals surface area (Å²) < 4.78 is 10.4. The van der Waals surface area contributed by atoms with E-state index < -0.39 is 0 Å². The maximum Gasteiger partial charge on any atom is 0.159 e. The third-order valence-corrected chi connectivity index (χ3v) is 18.8. The van der Waals surface area contributed by atoms with Gasteiger partial charge in [-0.15, -0.1) is 0 Å². The second-order valence-corrected chi connectivity index (χ2v) is 27.8. The first-order chi connectivity index (χ1) is 43.4. The highest BCUT2D eigenvalue weighted by atomic mass is 15.1. The first-order valence-corrected chi connectivity index (χ1v) is 31.6. The molecule has 10 aromatic carbocycles. The van der Waals surface area contributed by atoms with Gasteiger partial charge in [0.1, 0.15) is 0 Å². The van der Waals surface area contributed by atoms with Gasteiger partial charge in [-0.2, -0.15) is 0 Å². The Morgan fingerprint density at radius 1 is 0.278 bits per heavy atom. The van der Waals surface area contributed by atoms with E-state index in [1.807, 2.05) is 6.20 Å². The lowest BCUT2D eigenvalue weighted by Crippen LogP contribution is -2.17. The Labute approximate surface area is 525 Å². The van der Waals surface area contributed by atoms with E-state index >= 15 is 0 Å². The van der Waals surface area contributed by atoms with Crippen LogP contribution in [0, 0.1) is 13.8 Å². The van der Waals surface area contributed by atoms with Crippen molar-refractivity contribution in [2.24, 2.45) is 0 Å². The van der Waals surface area contributed by atoms with Crippen molar-refractivity contribution in [2.75, 3.05) is 0 Å². The van der Waals surface area contributed by atoms with Crippen LogP contribution in [0.15, 0.2) is 231 Å². The topological polar surface area (TPSA) is 58.4 Å². The SMILES string of the molecule is Cc1cc(-c2c(-c3ccnc(-c4ccccc4)n3)c(-n3c4ccccc4c4cc(C(C)(C)C)ccc43)c(-n3c4ccccc4c4ccccc43)c(-n3c4ccccc4c4cc(C(C)(C)C)ccc43)c2-n2c3ccccc3c3cc(C(C)(C)C)ccc32)cc(C)n1. The fourth-order valence-electron chi connectivity index (χ4n) is 14.5. The molecule has 0 amide bonds. The molecule has 0 radical (unpaired) electrons. The summed E-state index contributed by atoms with van der Waals surface area (Å²) in [5, 5.41) is 9.37. The molecule has 0 N–H and O–H groups in total. The highest BCUT2D eigenvalue weighted by molar-refractivity contribution is 6.19. The van der Waals surface area contributed by atoms with Crippen LogP contribution in [0.3, 0.4) is 0 Å². The van der Waals surface area contributed by atoms with Crippen LogP contribution in [0.1, 0.15) is 90.4 Å². The number of rotatable bonds is 7.